The van der Waals surface area contributed by atoms with E-state index in [4.69, 9.17) is 4.74 Å². The van der Waals surface area contributed by atoms with Crippen LogP contribution in [0.1, 0.15) is 37.4 Å². The normalized spacial score (nSPS) is 14.8. The van der Waals surface area contributed by atoms with Gasteiger partial charge in [0, 0.05) is 32.9 Å². The number of rotatable bonds is 7. The SMILES string of the molecule is CCOC(=O)C1CCN(C(=NC)NCCCc2cn(-c3ccccc3)nc2C)CC1.I. The highest BCUT2D eigenvalue weighted by Gasteiger charge is 2.27. The number of aliphatic imine (C=N–C) groups is 1. The maximum absolute atomic E-state index is 11.9. The number of piperidine rings is 1. The van der Waals surface area contributed by atoms with Crippen molar-refractivity contribution in [2.75, 3.05) is 33.3 Å². The van der Waals surface area contributed by atoms with Gasteiger partial charge in [0.2, 0.25) is 0 Å². The lowest BCUT2D eigenvalue weighted by atomic mass is 9.97. The second-order valence-corrected chi connectivity index (χ2v) is 7.61. The fraction of sp³-hybridized carbons (Fsp3) is 0.522. The fourth-order valence-corrected chi connectivity index (χ4v) is 3.85. The average molecular weight is 539 g/mol. The topological polar surface area (TPSA) is 71.8 Å². The molecule has 0 radical (unpaired) electrons. The molecule has 1 saturated heterocycles. The number of halogens is 1. The molecule has 170 valence electrons. The summed E-state index contributed by atoms with van der Waals surface area (Å²) in [6.45, 7) is 6.87. The van der Waals surface area contributed by atoms with Crippen LogP contribution in [0, 0.1) is 12.8 Å². The van der Waals surface area contributed by atoms with Crippen LogP contribution in [0.2, 0.25) is 0 Å². The molecule has 0 spiro atoms. The summed E-state index contributed by atoms with van der Waals surface area (Å²) >= 11 is 0. The molecule has 0 saturated carbocycles. The monoisotopic (exact) mass is 539 g/mol. The Balaban J connectivity index is 0.00000341. The number of ether oxygens (including phenoxy) is 1. The standard InChI is InChI=1S/C23H33N5O2.HI/c1-4-30-22(29)19-12-15-27(16-13-19)23(24-3)25-14-8-9-20-17-28(26-18(20)2)21-10-6-5-7-11-21;/h5-7,10-11,17,19H,4,8-9,12-16H2,1-3H3,(H,24,25);1H. The van der Waals surface area contributed by atoms with Crippen molar-refractivity contribution in [1.82, 2.24) is 20.0 Å². The largest absolute Gasteiger partial charge is 0.466 e. The van der Waals surface area contributed by atoms with Crippen molar-refractivity contribution in [3.63, 3.8) is 0 Å². The Kier molecular flexibility index (Phi) is 10.3. The summed E-state index contributed by atoms with van der Waals surface area (Å²) in [5, 5.41) is 8.11. The average Bonchev–Trinajstić information content (AvgIpc) is 3.15. The van der Waals surface area contributed by atoms with Crippen molar-refractivity contribution in [3.05, 3.63) is 47.8 Å². The summed E-state index contributed by atoms with van der Waals surface area (Å²) in [6.07, 6.45) is 5.72. The Morgan fingerprint density at radius 3 is 2.61 bits per heavy atom. The highest BCUT2D eigenvalue weighted by atomic mass is 127. The summed E-state index contributed by atoms with van der Waals surface area (Å²) in [4.78, 5) is 18.6. The van der Waals surface area contributed by atoms with E-state index in [0.29, 0.717) is 6.61 Å². The van der Waals surface area contributed by atoms with Crippen LogP contribution < -0.4 is 5.32 Å². The van der Waals surface area contributed by atoms with Gasteiger partial charge in [-0.15, -0.1) is 24.0 Å². The molecule has 0 amide bonds. The maximum atomic E-state index is 11.9. The van der Waals surface area contributed by atoms with Crippen molar-refractivity contribution >= 4 is 35.9 Å². The molecular weight excluding hydrogens is 505 g/mol. The minimum atomic E-state index is -0.0634. The van der Waals surface area contributed by atoms with Gasteiger partial charge in [-0.25, -0.2) is 4.68 Å². The Labute approximate surface area is 202 Å². The summed E-state index contributed by atoms with van der Waals surface area (Å²) in [6, 6.07) is 10.2. The first kappa shape index (κ1) is 25.2. The summed E-state index contributed by atoms with van der Waals surface area (Å²) in [5.41, 5.74) is 3.42. The molecular formula is C23H34IN5O2. The number of nitrogens with one attached hydrogen (secondary N) is 1. The van der Waals surface area contributed by atoms with Crippen molar-refractivity contribution in [2.45, 2.75) is 39.5 Å². The number of para-hydroxylation sites is 1. The van der Waals surface area contributed by atoms with Gasteiger partial charge in [-0.2, -0.15) is 5.10 Å². The van der Waals surface area contributed by atoms with Crippen molar-refractivity contribution in [3.8, 4) is 5.69 Å². The first-order valence-corrected chi connectivity index (χ1v) is 10.8. The van der Waals surface area contributed by atoms with Crippen LogP contribution in [-0.4, -0.2) is 59.9 Å². The van der Waals surface area contributed by atoms with Crippen molar-refractivity contribution in [2.24, 2.45) is 10.9 Å². The summed E-state index contributed by atoms with van der Waals surface area (Å²) < 4.78 is 7.10. The second-order valence-electron chi connectivity index (χ2n) is 7.61. The van der Waals surface area contributed by atoms with Crippen LogP contribution in [0.4, 0.5) is 0 Å². The molecule has 1 aliphatic heterocycles. The molecule has 1 aromatic carbocycles. The van der Waals surface area contributed by atoms with Gasteiger partial charge in [-0.05, 0) is 57.2 Å². The number of hydrogen-bond acceptors (Lipinski definition) is 4. The number of likely N-dealkylation sites (tertiary alicyclic amines) is 1. The molecule has 0 bridgehead atoms. The van der Waals surface area contributed by atoms with Crippen LogP contribution in [0.3, 0.4) is 0 Å². The number of aromatic nitrogens is 2. The quantitative estimate of drug-likeness (QED) is 0.192. The number of aryl methyl sites for hydroxylation is 2. The third-order valence-corrected chi connectivity index (χ3v) is 5.55. The smallest absolute Gasteiger partial charge is 0.309 e. The van der Waals surface area contributed by atoms with Gasteiger partial charge in [0.25, 0.3) is 0 Å². The van der Waals surface area contributed by atoms with E-state index in [9.17, 15) is 4.79 Å². The van der Waals surface area contributed by atoms with Crippen LogP contribution in [0.5, 0.6) is 0 Å². The first-order valence-electron chi connectivity index (χ1n) is 10.8. The van der Waals surface area contributed by atoms with Gasteiger partial charge in [0.15, 0.2) is 5.96 Å². The Morgan fingerprint density at radius 1 is 1.26 bits per heavy atom. The minimum Gasteiger partial charge on any atom is -0.466 e. The van der Waals surface area contributed by atoms with Crippen LogP contribution >= 0.6 is 24.0 Å². The Morgan fingerprint density at radius 2 is 1.97 bits per heavy atom. The molecule has 7 nitrogen and oxygen atoms in total. The predicted molar refractivity (Wildman–Crippen MR) is 134 cm³/mol. The van der Waals surface area contributed by atoms with E-state index in [-0.39, 0.29) is 35.9 Å². The first-order chi connectivity index (χ1) is 14.6. The fourth-order valence-electron chi connectivity index (χ4n) is 3.85. The lowest BCUT2D eigenvalue weighted by Crippen LogP contribution is -2.47. The van der Waals surface area contributed by atoms with Crippen molar-refractivity contribution in [1.29, 1.82) is 0 Å². The number of guanidine groups is 1. The number of carbonyl (C=O) groups is 1. The predicted octanol–water partition coefficient (Wildman–Crippen LogP) is 3.58. The Hall–Kier alpha value is -2.10. The molecule has 1 aromatic heterocycles. The molecule has 1 aliphatic rings. The van der Waals surface area contributed by atoms with Gasteiger partial charge in [0.1, 0.15) is 0 Å². The molecule has 2 aromatic rings. The third kappa shape index (κ3) is 6.95. The van der Waals surface area contributed by atoms with Gasteiger partial charge >= 0.3 is 5.97 Å². The van der Waals surface area contributed by atoms with Crippen LogP contribution in [0.25, 0.3) is 5.69 Å². The van der Waals surface area contributed by atoms with E-state index >= 15 is 0 Å². The molecule has 31 heavy (non-hydrogen) atoms. The third-order valence-electron chi connectivity index (χ3n) is 5.55. The van der Waals surface area contributed by atoms with E-state index in [2.05, 4.69) is 45.6 Å². The molecule has 0 aliphatic carbocycles. The van der Waals surface area contributed by atoms with Gasteiger partial charge in [-0.3, -0.25) is 9.79 Å². The van der Waals surface area contributed by atoms with Gasteiger partial charge in [-0.1, -0.05) is 18.2 Å². The summed E-state index contributed by atoms with van der Waals surface area (Å²) in [7, 11) is 1.81. The number of hydrogen-bond donors (Lipinski definition) is 1. The maximum Gasteiger partial charge on any atom is 0.309 e. The summed E-state index contributed by atoms with van der Waals surface area (Å²) in [5.74, 6) is 0.865. The van der Waals surface area contributed by atoms with Gasteiger partial charge < -0.3 is 15.0 Å². The number of benzene rings is 1. The van der Waals surface area contributed by atoms with Crippen LogP contribution in [-0.2, 0) is 16.0 Å². The minimum absolute atomic E-state index is 0. The molecule has 2 heterocycles. The Bertz CT molecular complexity index is 845. The van der Waals surface area contributed by atoms with E-state index in [1.54, 1.807) is 0 Å². The van der Waals surface area contributed by atoms with Crippen molar-refractivity contribution < 1.29 is 9.53 Å². The zero-order chi connectivity index (χ0) is 21.3. The molecule has 8 heteroatoms. The highest BCUT2D eigenvalue weighted by Crippen LogP contribution is 2.19. The molecule has 0 unspecified atom stereocenters. The zero-order valence-corrected chi connectivity index (χ0v) is 21.0. The zero-order valence-electron chi connectivity index (χ0n) is 18.7. The lowest BCUT2D eigenvalue weighted by Gasteiger charge is -2.33. The van der Waals surface area contributed by atoms with Gasteiger partial charge in [0.05, 0.1) is 23.9 Å². The van der Waals surface area contributed by atoms with E-state index in [1.807, 2.05) is 36.9 Å². The highest BCUT2D eigenvalue weighted by molar-refractivity contribution is 14.0. The molecule has 1 fully saturated rings. The van der Waals surface area contributed by atoms with E-state index in [0.717, 1.165) is 62.7 Å². The number of esters is 1. The van der Waals surface area contributed by atoms with E-state index in [1.165, 1.54) is 5.56 Å². The van der Waals surface area contributed by atoms with E-state index < -0.39 is 0 Å². The number of nitrogens with zero attached hydrogens (tertiary/aromatic N) is 4. The molecule has 3 rings (SSSR count). The second kappa shape index (κ2) is 12.7. The number of carbonyl (C=O) groups excluding carboxylic acids is 1. The molecule has 0 atom stereocenters. The molecule has 1 N–H and O–H groups in total. The van der Waals surface area contributed by atoms with Crippen LogP contribution in [0.15, 0.2) is 41.5 Å². The lowest BCUT2D eigenvalue weighted by molar-refractivity contribution is -0.149.